The van der Waals surface area contributed by atoms with Crippen LogP contribution in [0.3, 0.4) is 0 Å². The van der Waals surface area contributed by atoms with Gasteiger partial charge in [-0.3, -0.25) is 4.68 Å². The van der Waals surface area contributed by atoms with Crippen LogP contribution >= 0.6 is 27.3 Å². The van der Waals surface area contributed by atoms with E-state index in [1.54, 1.807) is 11.3 Å². The molecule has 5 heteroatoms. The summed E-state index contributed by atoms with van der Waals surface area (Å²) in [7, 11) is 1.98. The Hall–Kier alpha value is -0.650. The van der Waals surface area contributed by atoms with Crippen molar-refractivity contribution in [3.05, 3.63) is 37.7 Å². The van der Waals surface area contributed by atoms with E-state index < -0.39 is 0 Å². The lowest BCUT2D eigenvalue weighted by atomic mass is 10.1. The zero-order chi connectivity index (χ0) is 13.3. The van der Waals surface area contributed by atoms with Crippen LogP contribution in [0.1, 0.15) is 34.8 Å². The van der Waals surface area contributed by atoms with Gasteiger partial charge in [-0.2, -0.15) is 5.10 Å². The Balaban J connectivity index is 2.24. The summed E-state index contributed by atoms with van der Waals surface area (Å²) in [4.78, 5) is 1.26. The van der Waals surface area contributed by atoms with Crippen LogP contribution < -0.4 is 5.73 Å². The van der Waals surface area contributed by atoms with E-state index in [1.807, 2.05) is 11.7 Å². The third kappa shape index (κ3) is 2.53. The van der Waals surface area contributed by atoms with Crippen molar-refractivity contribution in [3.8, 4) is 0 Å². The molecule has 1 atom stereocenters. The molecule has 98 valence electrons. The lowest BCUT2D eigenvalue weighted by molar-refractivity contribution is 0.641. The van der Waals surface area contributed by atoms with Crippen LogP contribution in [-0.4, -0.2) is 9.78 Å². The maximum atomic E-state index is 6.31. The van der Waals surface area contributed by atoms with Gasteiger partial charge in [0.05, 0.1) is 15.9 Å². The summed E-state index contributed by atoms with van der Waals surface area (Å²) in [6, 6.07) is 2.16. The zero-order valence-corrected chi connectivity index (χ0v) is 13.3. The van der Waals surface area contributed by atoms with Crippen molar-refractivity contribution in [2.24, 2.45) is 12.8 Å². The molecule has 0 saturated heterocycles. The second-order valence-corrected chi connectivity index (χ2v) is 6.20. The molecule has 18 heavy (non-hydrogen) atoms. The predicted molar refractivity (Wildman–Crippen MR) is 80.0 cm³/mol. The standard InChI is InChI=1S/C13H18BrN3S/c1-4-10-12(14)11(17(3)16-10)7-9(15)13-8(2)5-6-18-13/h5-6,9H,4,7,15H2,1-3H3. The van der Waals surface area contributed by atoms with Crippen LogP contribution in [0.15, 0.2) is 15.9 Å². The summed E-state index contributed by atoms with van der Waals surface area (Å²) in [6.07, 6.45) is 1.74. The van der Waals surface area contributed by atoms with E-state index in [1.165, 1.54) is 16.1 Å². The molecule has 2 rings (SSSR count). The summed E-state index contributed by atoms with van der Waals surface area (Å²) in [5.74, 6) is 0. The monoisotopic (exact) mass is 327 g/mol. The highest BCUT2D eigenvalue weighted by Crippen LogP contribution is 2.29. The minimum atomic E-state index is 0.0430. The molecule has 2 aromatic heterocycles. The smallest absolute Gasteiger partial charge is 0.0766 e. The van der Waals surface area contributed by atoms with Gasteiger partial charge >= 0.3 is 0 Å². The Kier molecular flexibility index (Phi) is 4.25. The molecule has 2 heterocycles. The van der Waals surface area contributed by atoms with Gasteiger partial charge in [-0.25, -0.2) is 0 Å². The molecule has 0 aliphatic carbocycles. The maximum absolute atomic E-state index is 6.31. The van der Waals surface area contributed by atoms with Crippen LogP contribution in [0.25, 0.3) is 0 Å². The van der Waals surface area contributed by atoms with Gasteiger partial charge in [-0.15, -0.1) is 11.3 Å². The summed E-state index contributed by atoms with van der Waals surface area (Å²) in [5.41, 5.74) is 9.86. The first-order chi connectivity index (χ1) is 8.54. The van der Waals surface area contributed by atoms with Crippen LogP contribution in [0.4, 0.5) is 0 Å². The number of hydrogen-bond acceptors (Lipinski definition) is 3. The molecule has 1 unspecified atom stereocenters. The molecule has 3 nitrogen and oxygen atoms in total. The van der Waals surface area contributed by atoms with Crippen LogP contribution in [0, 0.1) is 6.92 Å². The molecule has 2 aromatic rings. The number of aryl methyl sites for hydroxylation is 3. The van der Waals surface area contributed by atoms with Gasteiger partial charge in [0, 0.05) is 24.4 Å². The number of nitrogens with two attached hydrogens (primary N) is 1. The minimum absolute atomic E-state index is 0.0430. The van der Waals surface area contributed by atoms with Gasteiger partial charge in [0.1, 0.15) is 0 Å². The van der Waals surface area contributed by atoms with E-state index in [0.717, 1.165) is 23.0 Å². The molecule has 0 aromatic carbocycles. The topological polar surface area (TPSA) is 43.8 Å². The number of halogens is 1. The fraction of sp³-hybridized carbons (Fsp3) is 0.462. The molecule has 2 N–H and O–H groups in total. The van der Waals surface area contributed by atoms with Crippen LogP contribution in [0.5, 0.6) is 0 Å². The largest absolute Gasteiger partial charge is 0.323 e. The summed E-state index contributed by atoms with van der Waals surface area (Å²) in [6.45, 7) is 4.22. The van der Waals surface area contributed by atoms with Crippen molar-refractivity contribution in [2.75, 3.05) is 0 Å². The summed E-state index contributed by atoms with van der Waals surface area (Å²) < 4.78 is 3.04. The first-order valence-corrected chi connectivity index (χ1v) is 7.71. The summed E-state index contributed by atoms with van der Waals surface area (Å²) in [5, 5.41) is 6.60. The van der Waals surface area contributed by atoms with Gasteiger partial charge in [-0.05, 0) is 46.3 Å². The molecule has 0 saturated carbocycles. The van der Waals surface area contributed by atoms with Crippen molar-refractivity contribution in [2.45, 2.75) is 32.7 Å². The number of hydrogen-bond donors (Lipinski definition) is 1. The second kappa shape index (κ2) is 5.55. The number of nitrogens with zero attached hydrogens (tertiary/aromatic N) is 2. The highest BCUT2D eigenvalue weighted by Gasteiger charge is 2.18. The van der Waals surface area contributed by atoms with Crippen molar-refractivity contribution >= 4 is 27.3 Å². The molecule has 0 fully saturated rings. The first-order valence-electron chi connectivity index (χ1n) is 6.04. The van der Waals surface area contributed by atoms with Crippen molar-refractivity contribution < 1.29 is 0 Å². The van der Waals surface area contributed by atoms with E-state index in [-0.39, 0.29) is 6.04 Å². The average Bonchev–Trinajstić information content (AvgIpc) is 2.87. The maximum Gasteiger partial charge on any atom is 0.0766 e. The Bertz CT molecular complexity index is 544. The SMILES string of the molecule is CCc1nn(C)c(CC(N)c2sccc2C)c1Br. The molecule has 0 bridgehead atoms. The lowest BCUT2D eigenvalue weighted by Crippen LogP contribution is -2.15. The molecule has 0 aliphatic rings. The Labute approximate surface area is 120 Å². The van der Waals surface area contributed by atoms with E-state index in [4.69, 9.17) is 5.73 Å². The van der Waals surface area contributed by atoms with E-state index in [2.05, 4.69) is 46.3 Å². The Morgan fingerprint density at radius 1 is 1.56 bits per heavy atom. The van der Waals surface area contributed by atoms with Gasteiger partial charge in [0.15, 0.2) is 0 Å². The highest BCUT2D eigenvalue weighted by atomic mass is 79.9. The normalized spacial score (nSPS) is 12.9. The molecular formula is C13H18BrN3S. The molecule has 0 aliphatic heterocycles. The van der Waals surface area contributed by atoms with Gasteiger partial charge in [0.25, 0.3) is 0 Å². The van der Waals surface area contributed by atoms with Gasteiger partial charge < -0.3 is 5.73 Å². The summed E-state index contributed by atoms with van der Waals surface area (Å²) >= 11 is 5.37. The number of thiophene rings is 1. The quantitative estimate of drug-likeness (QED) is 0.935. The first kappa shape index (κ1) is 13.8. The van der Waals surface area contributed by atoms with Gasteiger partial charge in [-0.1, -0.05) is 6.92 Å². The molecule has 0 amide bonds. The van der Waals surface area contributed by atoms with E-state index in [9.17, 15) is 0 Å². The minimum Gasteiger partial charge on any atom is -0.323 e. The Morgan fingerprint density at radius 3 is 2.78 bits per heavy atom. The van der Waals surface area contributed by atoms with Crippen molar-refractivity contribution in [3.63, 3.8) is 0 Å². The zero-order valence-electron chi connectivity index (χ0n) is 10.9. The second-order valence-electron chi connectivity index (χ2n) is 4.46. The fourth-order valence-electron chi connectivity index (χ4n) is 2.11. The van der Waals surface area contributed by atoms with Crippen molar-refractivity contribution in [1.82, 2.24) is 9.78 Å². The van der Waals surface area contributed by atoms with Crippen molar-refractivity contribution in [1.29, 1.82) is 0 Å². The molecular weight excluding hydrogens is 310 g/mol. The Morgan fingerprint density at radius 2 is 2.28 bits per heavy atom. The lowest BCUT2D eigenvalue weighted by Gasteiger charge is -2.11. The van der Waals surface area contributed by atoms with Gasteiger partial charge in [0.2, 0.25) is 0 Å². The van der Waals surface area contributed by atoms with Crippen LogP contribution in [0.2, 0.25) is 0 Å². The number of aromatic nitrogens is 2. The van der Waals surface area contributed by atoms with Crippen LogP contribution in [-0.2, 0) is 19.9 Å². The molecule has 0 radical (unpaired) electrons. The number of rotatable bonds is 4. The average molecular weight is 328 g/mol. The predicted octanol–water partition coefficient (Wildman–Crippen LogP) is 3.36. The van der Waals surface area contributed by atoms with E-state index >= 15 is 0 Å². The third-order valence-electron chi connectivity index (χ3n) is 3.15. The third-order valence-corrected chi connectivity index (χ3v) is 5.22. The molecule has 0 spiro atoms. The fourth-order valence-corrected chi connectivity index (χ4v) is 3.82. The van der Waals surface area contributed by atoms with E-state index in [0.29, 0.717) is 0 Å². The highest BCUT2D eigenvalue weighted by molar-refractivity contribution is 9.10.